The van der Waals surface area contributed by atoms with Crippen LogP contribution >= 0.6 is 15.9 Å². The molecule has 0 saturated carbocycles. The Hall–Kier alpha value is -1.89. The summed E-state index contributed by atoms with van der Waals surface area (Å²) in [5.74, 6) is -1.02. The van der Waals surface area contributed by atoms with Gasteiger partial charge in [-0.3, -0.25) is 14.4 Å². The van der Waals surface area contributed by atoms with Gasteiger partial charge in [-0.2, -0.15) is 0 Å². The van der Waals surface area contributed by atoms with Crippen molar-refractivity contribution in [2.45, 2.75) is 25.7 Å². The molecule has 1 saturated heterocycles. The number of nitrogens with zero attached hydrogens (tertiary/aromatic N) is 1. The van der Waals surface area contributed by atoms with Crippen LogP contribution in [0.2, 0.25) is 0 Å². The smallest absolute Gasteiger partial charge is 0.326 e. The first-order valence-corrected chi connectivity index (χ1v) is 8.33. The van der Waals surface area contributed by atoms with E-state index in [0.29, 0.717) is 18.7 Å². The van der Waals surface area contributed by atoms with Crippen LogP contribution in [0.25, 0.3) is 0 Å². The fourth-order valence-corrected chi connectivity index (χ4v) is 2.69. The molecule has 1 aromatic rings. The molecule has 1 aromatic carbocycles. The molecule has 1 fully saturated rings. The van der Waals surface area contributed by atoms with Crippen molar-refractivity contribution in [2.24, 2.45) is 0 Å². The number of likely N-dealkylation sites (tertiary alicyclic amines) is 1. The standard InChI is InChI=1S/C16H19BrN2O4/c17-12-6-3-4-7-13(12)18-14(20)11-23-16(22)10-19-9-5-1-2-8-15(19)21/h3-4,6-7H,1-2,5,8-11H2,(H,18,20). The van der Waals surface area contributed by atoms with E-state index in [1.807, 2.05) is 6.07 Å². The van der Waals surface area contributed by atoms with E-state index in [2.05, 4.69) is 21.2 Å². The number of halogens is 1. The second-order valence-corrected chi connectivity index (χ2v) is 6.17. The van der Waals surface area contributed by atoms with Crippen LogP contribution in [0.3, 0.4) is 0 Å². The molecule has 124 valence electrons. The van der Waals surface area contributed by atoms with E-state index in [4.69, 9.17) is 4.74 Å². The van der Waals surface area contributed by atoms with Gasteiger partial charge in [0, 0.05) is 17.4 Å². The Labute approximate surface area is 143 Å². The third-order valence-corrected chi connectivity index (χ3v) is 4.20. The van der Waals surface area contributed by atoms with E-state index in [-0.39, 0.29) is 19.1 Å². The maximum absolute atomic E-state index is 11.8. The lowest BCUT2D eigenvalue weighted by atomic mass is 10.2. The topological polar surface area (TPSA) is 75.7 Å². The number of carbonyl (C=O) groups excluding carboxylic acids is 3. The molecule has 1 aliphatic heterocycles. The largest absolute Gasteiger partial charge is 0.454 e. The molecule has 0 atom stereocenters. The van der Waals surface area contributed by atoms with Crippen molar-refractivity contribution in [3.05, 3.63) is 28.7 Å². The zero-order chi connectivity index (χ0) is 16.7. The first kappa shape index (κ1) is 17.5. The summed E-state index contributed by atoms with van der Waals surface area (Å²) in [6, 6.07) is 7.15. The molecular weight excluding hydrogens is 364 g/mol. The molecule has 23 heavy (non-hydrogen) atoms. The predicted molar refractivity (Wildman–Crippen MR) is 88.8 cm³/mol. The molecule has 0 radical (unpaired) electrons. The van der Waals surface area contributed by atoms with E-state index in [1.54, 1.807) is 18.2 Å². The van der Waals surface area contributed by atoms with Gasteiger partial charge in [0.25, 0.3) is 5.91 Å². The van der Waals surface area contributed by atoms with Gasteiger partial charge in [0.2, 0.25) is 5.91 Å². The molecular formula is C16H19BrN2O4. The summed E-state index contributed by atoms with van der Waals surface area (Å²) in [5.41, 5.74) is 0.608. The van der Waals surface area contributed by atoms with Crippen LogP contribution in [0, 0.1) is 0 Å². The van der Waals surface area contributed by atoms with Crippen molar-refractivity contribution < 1.29 is 19.1 Å². The average Bonchev–Trinajstić information content (AvgIpc) is 2.73. The fourth-order valence-electron chi connectivity index (χ4n) is 2.30. The molecule has 0 spiro atoms. The quantitative estimate of drug-likeness (QED) is 0.792. The van der Waals surface area contributed by atoms with Crippen molar-refractivity contribution in [3.8, 4) is 0 Å². The monoisotopic (exact) mass is 382 g/mol. The van der Waals surface area contributed by atoms with Crippen molar-refractivity contribution in [1.29, 1.82) is 0 Å². The first-order valence-electron chi connectivity index (χ1n) is 7.54. The highest BCUT2D eigenvalue weighted by Gasteiger charge is 2.20. The van der Waals surface area contributed by atoms with Crippen molar-refractivity contribution in [1.82, 2.24) is 4.90 Å². The molecule has 7 heteroatoms. The molecule has 2 rings (SSSR count). The second kappa shape index (κ2) is 8.67. The van der Waals surface area contributed by atoms with E-state index in [0.717, 1.165) is 23.7 Å². The van der Waals surface area contributed by atoms with Crippen LogP contribution in [0.5, 0.6) is 0 Å². The Morgan fingerprint density at radius 3 is 2.78 bits per heavy atom. The van der Waals surface area contributed by atoms with Gasteiger partial charge >= 0.3 is 5.97 Å². The minimum absolute atomic E-state index is 0.0304. The minimum Gasteiger partial charge on any atom is -0.454 e. The van der Waals surface area contributed by atoms with Gasteiger partial charge in [-0.05, 0) is 40.9 Å². The summed E-state index contributed by atoms with van der Waals surface area (Å²) in [6.45, 7) is 0.0977. The molecule has 1 heterocycles. The number of carbonyl (C=O) groups is 3. The minimum atomic E-state index is -0.567. The Morgan fingerprint density at radius 1 is 1.22 bits per heavy atom. The summed E-state index contributed by atoms with van der Waals surface area (Å²) in [4.78, 5) is 36.9. The van der Waals surface area contributed by atoms with Crippen LogP contribution in [-0.4, -0.2) is 42.4 Å². The fraction of sp³-hybridized carbons (Fsp3) is 0.438. The SMILES string of the molecule is O=C(COC(=O)CN1CCCCCC1=O)Nc1ccccc1Br. The van der Waals surface area contributed by atoms with Gasteiger partial charge in [-0.1, -0.05) is 18.6 Å². The summed E-state index contributed by atoms with van der Waals surface area (Å²) in [6.07, 6.45) is 3.21. The number of ether oxygens (including phenoxy) is 1. The maximum Gasteiger partial charge on any atom is 0.326 e. The first-order chi connectivity index (χ1) is 11.1. The number of hydrogen-bond donors (Lipinski definition) is 1. The van der Waals surface area contributed by atoms with Crippen LogP contribution in [0.15, 0.2) is 28.7 Å². The Kier molecular flexibility index (Phi) is 6.58. The van der Waals surface area contributed by atoms with Crippen LogP contribution in [0.4, 0.5) is 5.69 Å². The number of nitrogens with one attached hydrogen (secondary N) is 1. The molecule has 1 N–H and O–H groups in total. The van der Waals surface area contributed by atoms with Gasteiger partial charge in [0.15, 0.2) is 6.61 Å². The number of para-hydroxylation sites is 1. The summed E-state index contributed by atoms with van der Waals surface area (Å²) in [7, 11) is 0. The van der Waals surface area contributed by atoms with Crippen molar-refractivity contribution in [2.75, 3.05) is 25.0 Å². The Bertz CT molecular complexity index is 591. The maximum atomic E-state index is 11.8. The summed E-state index contributed by atoms with van der Waals surface area (Å²) >= 11 is 3.32. The lowest BCUT2D eigenvalue weighted by Gasteiger charge is -2.19. The number of hydrogen-bond acceptors (Lipinski definition) is 4. The lowest BCUT2D eigenvalue weighted by Crippen LogP contribution is -2.36. The molecule has 0 bridgehead atoms. The number of amides is 2. The molecule has 0 aliphatic carbocycles. The Morgan fingerprint density at radius 2 is 2.00 bits per heavy atom. The van der Waals surface area contributed by atoms with Crippen molar-refractivity contribution >= 4 is 39.4 Å². The number of benzene rings is 1. The Balaban J connectivity index is 1.76. The predicted octanol–water partition coefficient (Wildman–Crippen LogP) is 2.33. The normalized spacial score (nSPS) is 15.0. The van der Waals surface area contributed by atoms with E-state index < -0.39 is 11.9 Å². The average molecular weight is 383 g/mol. The molecule has 0 aromatic heterocycles. The molecule has 0 unspecified atom stereocenters. The van der Waals surface area contributed by atoms with Crippen LogP contribution in [-0.2, 0) is 19.1 Å². The summed E-state index contributed by atoms with van der Waals surface area (Å²) in [5, 5.41) is 2.64. The number of rotatable bonds is 5. The van der Waals surface area contributed by atoms with Gasteiger partial charge in [0.1, 0.15) is 6.54 Å². The third kappa shape index (κ3) is 5.67. The van der Waals surface area contributed by atoms with Gasteiger partial charge in [0.05, 0.1) is 5.69 Å². The van der Waals surface area contributed by atoms with Crippen LogP contribution < -0.4 is 5.32 Å². The van der Waals surface area contributed by atoms with E-state index in [9.17, 15) is 14.4 Å². The molecule has 1 aliphatic rings. The lowest BCUT2D eigenvalue weighted by molar-refractivity contribution is -0.151. The zero-order valence-corrected chi connectivity index (χ0v) is 14.3. The van der Waals surface area contributed by atoms with Crippen molar-refractivity contribution in [3.63, 3.8) is 0 Å². The molecule has 6 nitrogen and oxygen atoms in total. The molecule has 2 amide bonds. The summed E-state index contributed by atoms with van der Waals surface area (Å²) < 4.78 is 5.69. The van der Waals surface area contributed by atoms with Crippen LogP contribution in [0.1, 0.15) is 25.7 Å². The second-order valence-electron chi connectivity index (χ2n) is 5.31. The highest BCUT2D eigenvalue weighted by molar-refractivity contribution is 9.10. The highest BCUT2D eigenvalue weighted by Crippen LogP contribution is 2.20. The van der Waals surface area contributed by atoms with E-state index >= 15 is 0 Å². The third-order valence-electron chi connectivity index (χ3n) is 3.50. The van der Waals surface area contributed by atoms with Gasteiger partial charge in [-0.15, -0.1) is 0 Å². The van der Waals surface area contributed by atoms with Gasteiger partial charge in [-0.25, -0.2) is 0 Å². The number of esters is 1. The number of anilines is 1. The van der Waals surface area contributed by atoms with Gasteiger partial charge < -0.3 is 15.0 Å². The zero-order valence-electron chi connectivity index (χ0n) is 12.7. The van der Waals surface area contributed by atoms with E-state index in [1.165, 1.54) is 4.90 Å². The highest BCUT2D eigenvalue weighted by atomic mass is 79.9.